The highest BCUT2D eigenvalue weighted by Crippen LogP contribution is 2.17. The van der Waals surface area contributed by atoms with Gasteiger partial charge in [0.25, 0.3) is 0 Å². The maximum atomic E-state index is 11.9. The number of rotatable bonds is 6. The molecule has 0 aliphatic rings. The maximum absolute atomic E-state index is 11.9. The molecule has 0 bridgehead atoms. The second-order valence-corrected chi connectivity index (χ2v) is 5.10. The average molecular weight is 292 g/mol. The van der Waals surface area contributed by atoms with E-state index in [9.17, 15) is 18.0 Å². The van der Waals surface area contributed by atoms with Gasteiger partial charge >= 0.3 is 12.1 Å². The van der Waals surface area contributed by atoms with Crippen LogP contribution in [0.4, 0.5) is 4.79 Å². The Morgan fingerprint density at radius 2 is 2.16 bits per heavy atom. The average Bonchev–Trinajstić information content (AvgIpc) is 2.67. The lowest BCUT2D eigenvalue weighted by molar-refractivity contribution is 0.0686. The monoisotopic (exact) mass is 292 g/mol. The molecule has 0 saturated carbocycles. The number of aromatic carboxylic acids is 1. The highest BCUT2D eigenvalue weighted by molar-refractivity contribution is 7.89. The van der Waals surface area contributed by atoms with Crippen LogP contribution in [0.15, 0.2) is 4.90 Å². The summed E-state index contributed by atoms with van der Waals surface area (Å²) in [6, 6.07) is 0. The Kier molecular flexibility index (Phi) is 4.45. The summed E-state index contributed by atoms with van der Waals surface area (Å²) in [5.41, 5.74) is 4.17. The van der Waals surface area contributed by atoms with Gasteiger partial charge in [0.2, 0.25) is 10.0 Å². The lowest BCUT2D eigenvalue weighted by Gasteiger charge is -2.06. The molecule has 1 amide bonds. The largest absolute Gasteiger partial charge is 0.476 e. The maximum Gasteiger partial charge on any atom is 0.404 e. The standard InChI is InChI=1S/C8H12N4O6S/c1-4-6(5(7(13)14)12-11-4)19(16,17)10-2-3-18-8(9)15/h10H,2-3H2,1H3,(H2,9,15)(H,11,12)(H,13,14). The van der Waals surface area contributed by atoms with Crippen molar-refractivity contribution < 1.29 is 27.9 Å². The van der Waals surface area contributed by atoms with Gasteiger partial charge in [-0.05, 0) is 6.92 Å². The Morgan fingerprint density at radius 1 is 1.53 bits per heavy atom. The van der Waals surface area contributed by atoms with Crippen LogP contribution in [0.3, 0.4) is 0 Å². The van der Waals surface area contributed by atoms with Gasteiger partial charge in [0.15, 0.2) is 5.69 Å². The van der Waals surface area contributed by atoms with Crippen LogP contribution in [-0.4, -0.2) is 48.9 Å². The zero-order valence-electron chi connectivity index (χ0n) is 9.84. The summed E-state index contributed by atoms with van der Waals surface area (Å²) in [6.07, 6.45) is -1.04. The fourth-order valence-corrected chi connectivity index (χ4v) is 2.63. The summed E-state index contributed by atoms with van der Waals surface area (Å²) >= 11 is 0. The number of carbonyl (C=O) groups is 2. The Morgan fingerprint density at radius 3 is 2.68 bits per heavy atom. The van der Waals surface area contributed by atoms with E-state index >= 15 is 0 Å². The van der Waals surface area contributed by atoms with Crippen molar-refractivity contribution in [3.8, 4) is 0 Å². The molecule has 1 aromatic heterocycles. The number of carbonyl (C=O) groups excluding carboxylic acids is 1. The number of amides is 1. The first kappa shape index (κ1) is 14.9. The molecule has 0 aliphatic carbocycles. The molecule has 0 radical (unpaired) electrons. The molecule has 10 nitrogen and oxygen atoms in total. The zero-order valence-corrected chi connectivity index (χ0v) is 10.7. The molecule has 0 saturated heterocycles. The number of primary amides is 1. The van der Waals surface area contributed by atoms with Crippen LogP contribution >= 0.6 is 0 Å². The Balaban J connectivity index is 2.86. The van der Waals surface area contributed by atoms with Crippen LogP contribution < -0.4 is 10.5 Å². The summed E-state index contributed by atoms with van der Waals surface area (Å²) < 4.78 is 30.2. The first-order chi connectivity index (χ1) is 8.75. The number of ether oxygens (including phenoxy) is 1. The number of hydrogen-bond acceptors (Lipinski definition) is 6. The number of aryl methyl sites for hydroxylation is 1. The highest BCUT2D eigenvalue weighted by atomic mass is 32.2. The molecule has 0 spiro atoms. The SMILES string of the molecule is Cc1[nH]nc(C(=O)O)c1S(=O)(=O)NCCOC(N)=O. The highest BCUT2D eigenvalue weighted by Gasteiger charge is 2.27. The summed E-state index contributed by atoms with van der Waals surface area (Å²) in [5, 5.41) is 14.5. The molecule has 0 aliphatic heterocycles. The molecule has 5 N–H and O–H groups in total. The number of nitrogens with zero attached hydrogens (tertiary/aromatic N) is 1. The molecular weight excluding hydrogens is 280 g/mol. The van der Waals surface area contributed by atoms with Gasteiger partial charge in [-0.15, -0.1) is 0 Å². The third-order valence-electron chi connectivity index (χ3n) is 2.00. The minimum absolute atomic E-state index is 0.0840. The number of carboxylic acid groups (broad SMARTS) is 1. The van der Waals surface area contributed by atoms with Crippen molar-refractivity contribution in [1.82, 2.24) is 14.9 Å². The van der Waals surface area contributed by atoms with Gasteiger partial charge in [0, 0.05) is 6.54 Å². The Labute approximate surface area is 108 Å². The van der Waals surface area contributed by atoms with Gasteiger partial charge in [-0.25, -0.2) is 22.7 Å². The number of sulfonamides is 1. The van der Waals surface area contributed by atoms with Crippen molar-refractivity contribution in [2.24, 2.45) is 5.73 Å². The van der Waals surface area contributed by atoms with Crippen LogP contribution in [0.5, 0.6) is 0 Å². The van der Waals surface area contributed by atoms with Gasteiger partial charge in [-0.3, -0.25) is 5.10 Å². The van der Waals surface area contributed by atoms with Gasteiger partial charge in [0.05, 0.1) is 5.69 Å². The summed E-state index contributed by atoms with van der Waals surface area (Å²) in [7, 11) is -4.08. The van der Waals surface area contributed by atoms with Gasteiger partial charge < -0.3 is 15.6 Å². The van der Waals surface area contributed by atoms with E-state index in [1.165, 1.54) is 6.92 Å². The van der Waals surface area contributed by atoms with Crippen molar-refractivity contribution in [3.63, 3.8) is 0 Å². The topological polar surface area (TPSA) is 164 Å². The van der Waals surface area contributed by atoms with E-state index in [0.29, 0.717) is 0 Å². The van der Waals surface area contributed by atoms with Crippen molar-refractivity contribution in [2.75, 3.05) is 13.2 Å². The van der Waals surface area contributed by atoms with Crippen molar-refractivity contribution >= 4 is 22.1 Å². The molecule has 0 atom stereocenters. The Bertz CT molecular complexity index is 592. The molecule has 11 heteroatoms. The normalized spacial score (nSPS) is 11.2. The first-order valence-electron chi connectivity index (χ1n) is 4.96. The van der Waals surface area contributed by atoms with E-state index in [0.717, 1.165) is 0 Å². The number of nitrogens with one attached hydrogen (secondary N) is 2. The van der Waals surface area contributed by atoms with E-state index in [1.54, 1.807) is 0 Å². The molecule has 0 unspecified atom stereocenters. The predicted molar refractivity (Wildman–Crippen MR) is 61.0 cm³/mol. The quantitative estimate of drug-likeness (QED) is 0.477. The minimum atomic E-state index is -4.08. The second-order valence-electron chi connectivity index (χ2n) is 3.40. The van der Waals surface area contributed by atoms with Gasteiger partial charge in [-0.1, -0.05) is 0 Å². The molecule has 1 aromatic rings. The van der Waals surface area contributed by atoms with Gasteiger partial charge in [-0.2, -0.15) is 5.10 Å². The molecule has 19 heavy (non-hydrogen) atoms. The van der Waals surface area contributed by atoms with E-state index in [4.69, 9.17) is 10.8 Å². The van der Waals surface area contributed by atoms with Crippen LogP contribution in [0.2, 0.25) is 0 Å². The molecular formula is C8H12N4O6S. The zero-order chi connectivity index (χ0) is 14.6. The predicted octanol–water partition coefficient (Wildman–Crippen LogP) is -1.21. The van der Waals surface area contributed by atoms with Crippen LogP contribution in [0, 0.1) is 6.92 Å². The summed E-state index contributed by atoms with van der Waals surface area (Å²) in [4.78, 5) is 20.7. The fourth-order valence-electron chi connectivity index (χ4n) is 1.29. The van der Waals surface area contributed by atoms with E-state index in [1.807, 2.05) is 0 Å². The molecule has 1 heterocycles. The van der Waals surface area contributed by atoms with E-state index < -0.39 is 32.7 Å². The fraction of sp³-hybridized carbons (Fsp3) is 0.375. The van der Waals surface area contributed by atoms with E-state index in [2.05, 4.69) is 19.7 Å². The third kappa shape index (κ3) is 3.66. The molecule has 1 rings (SSSR count). The molecule has 106 valence electrons. The molecule has 0 fully saturated rings. The lowest BCUT2D eigenvalue weighted by Crippen LogP contribution is -2.30. The van der Waals surface area contributed by atoms with Crippen molar-refractivity contribution in [3.05, 3.63) is 11.4 Å². The van der Waals surface area contributed by atoms with Crippen LogP contribution in [-0.2, 0) is 14.8 Å². The van der Waals surface area contributed by atoms with Crippen LogP contribution in [0.1, 0.15) is 16.2 Å². The summed E-state index contributed by atoms with van der Waals surface area (Å²) in [6.45, 7) is 0.858. The summed E-state index contributed by atoms with van der Waals surface area (Å²) in [5.74, 6) is -1.47. The first-order valence-corrected chi connectivity index (χ1v) is 6.44. The Hall–Kier alpha value is -2.14. The van der Waals surface area contributed by atoms with Crippen molar-refractivity contribution in [2.45, 2.75) is 11.8 Å². The number of aromatic nitrogens is 2. The smallest absolute Gasteiger partial charge is 0.404 e. The minimum Gasteiger partial charge on any atom is -0.476 e. The van der Waals surface area contributed by atoms with Crippen molar-refractivity contribution in [1.29, 1.82) is 0 Å². The van der Waals surface area contributed by atoms with E-state index in [-0.39, 0.29) is 18.8 Å². The lowest BCUT2D eigenvalue weighted by atomic mass is 10.4. The number of aromatic amines is 1. The number of hydrogen-bond donors (Lipinski definition) is 4. The number of nitrogens with two attached hydrogens (primary N) is 1. The number of H-pyrrole nitrogens is 1. The molecule has 0 aromatic carbocycles. The van der Waals surface area contributed by atoms with Crippen LogP contribution in [0.25, 0.3) is 0 Å². The number of carboxylic acids is 1. The third-order valence-corrected chi connectivity index (χ3v) is 3.62. The second kappa shape index (κ2) is 5.67. The van der Waals surface area contributed by atoms with Gasteiger partial charge in [0.1, 0.15) is 11.5 Å².